The first-order valence-electron chi connectivity index (χ1n) is 9.91. The lowest BCUT2D eigenvalue weighted by atomic mass is 10.1. The molecule has 0 aliphatic carbocycles. The van der Waals surface area contributed by atoms with Crippen LogP contribution in [0.3, 0.4) is 0 Å². The number of aryl methyl sites for hydroxylation is 1. The number of thiophene rings is 1. The Hall–Kier alpha value is -3.47. The maximum atomic E-state index is 12.7. The molecule has 170 valence electrons. The molecule has 10 nitrogen and oxygen atoms in total. The predicted octanol–water partition coefficient (Wildman–Crippen LogP) is 3.46. The molecular formula is C21H23N3O7S. The number of non-ortho nitro benzene ring substituents is 1. The van der Waals surface area contributed by atoms with Gasteiger partial charge in [-0.3, -0.25) is 14.9 Å². The minimum absolute atomic E-state index is 0.0342. The van der Waals surface area contributed by atoms with E-state index in [0.717, 1.165) is 36.9 Å². The maximum absolute atomic E-state index is 12.7. The van der Waals surface area contributed by atoms with Crippen molar-refractivity contribution < 1.29 is 28.8 Å². The third kappa shape index (κ3) is 4.88. The van der Waals surface area contributed by atoms with Crippen molar-refractivity contribution in [2.75, 3.05) is 37.0 Å². The molecule has 32 heavy (non-hydrogen) atoms. The second-order valence-corrected chi connectivity index (χ2v) is 8.48. The summed E-state index contributed by atoms with van der Waals surface area (Å²) in [5, 5.41) is 14.0. The lowest BCUT2D eigenvalue weighted by molar-refractivity contribution is -0.384. The smallest absolute Gasteiger partial charge is 0.341 e. The van der Waals surface area contributed by atoms with Crippen LogP contribution in [0.1, 0.15) is 44.0 Å². The molecule has 1 fully saturated rings. The Bertz CT molecular complexity index is 1070. The number of nitro benzene ring substituents is 1. The summed E-state index contributed by atoms with van der Waals surface area (Å²) in [6.45, 7) is 4.40. The van der Waals surface area contributed by atoms with E-state index in [1.54, 1.807) is 6.92 Å². The number of rotatable bonds is 7. The standard InChI is InChI=1S/C21H23N3O7S/c1-12-13(2)32-19(18(12)21(27)30-3)22-17(25)11-31-20(26)15-10-14(24(28)29)6-7-16(15)23-8-4-5-9-23/h6-7,10H,4-5,8-9,11H2,1-3H3,(H,22,25). The molecule has 0 radical (unpaired) electrons. The molecule has 1 N–H and O–H groups in total. The Morgan fingerprint density at radius 2 is 1.88 bits per heavy atom. The van der Waals surface area contributed by atoms with Crippen molar-refractivity contribution in [1.82, 2.24) is 0 Å². The van der Waals surface area contributed by atoms with E-state index in [2.05, 4.69) is 5.32 Å². The molecule has 1 saturated heterocycles. The summed E-state index contributed by atoms with van der Waals surface area (Å²) in [7, 11) is 1.25. The van der Waals surface area contributed by atoms with Gasteiger partial charge in [0.2, 0.25) is 0 Å². The highest BCUT2D eigenvalue weighted by Gasteiger charge is 2.25. The number of nitro groups is 1. The number of carbonyl (C=O) groups excluding carboxylic acids is 3. The van der Waals surface area contributed by atoms with E-state index < -0.39 is 29.4 Å². The number of ether oxygens (including phenoxy) is 2. The normalized spacial score (nSPS) is 13.0. The monoisotopic (exact) mass is 461 g/mol. The van der Waals surface area contributed by atoms with Crippen LogP contribution in [0.25, 0.3) is 0 Å². The molecule has 2 aromatic rings. The lowest BCUT2D eigenvalue weighted by Gasteiger charge is -2.20. The van der Waals surface area contributed by atoms with E-state index in [0.29, 0.717) is 16.3 Å². The second-order valence-electron chi connectivity index (χ2n) is 7.26. The third-order valence-electron chi connectivity index (χ3n) is 5.22. The van der Waals surface area contributed by atoms with Crippen LogP contribution in [-0.2, 0) is 14.3 Å². The number of nitrogens with zero attached hydrogens (tertiary/aromatic N) is 2. The van der Waals surface area contributed by atoms with Crippen LogP contribution in [0.15, 0.2) is 18.2 Å². The summed E-state index contributed by atoms with van der Waals surface area (Å²) in [4.78, 5) is 50.5. The van der Waals surface area contributed by atoms with Gasteiger partial charge in [0, 0.05) is 30.1 Å². The largest absolute Gasteiger partial charge is 0.465 e. The van der Waals surface area contributed by atoms with E-state index in [-0.39, 0.29) is 16.8 Å². The quantitative estimate of drug-likeness (QED) is 0.377. The average Bonchev–Trinajstić information content (AvgIpc) is 3.39. The molecule has 1 aromatic carbocycles. The highest BCUT2D eigenvalue weighted by atomic mass is 32.1. The zero-order valence-corrected chi connectivity index (χ0v) is 18.7. The van der Waals surface area contributed by atoms with Crippen molar-refractivity contribution in [1.29, 1.82) is 0 Å². The van der Waals surface area contributed by atoms with E-state index in [4.69, 9.17) is 9.47 Å². The van der Waals surface area contributed by atoms with Gasteiger partial charge in [-0.25, -0.2) is 9.59 Å². The van der Waals surface area contributed by atoms with Crippen LogP contribution in [0.4, 0.5) is 16.4 Å². The van der Waals surface area contributed by atoms with Gasteiger partial charge >= 0.3 is 11.9 Å². The van der Waals surface area contributed by atoms with Gasteiger partial charge in [-0.05, 0) is 38.3 Å². The minimum atomic E-state index is -0.836. The Labute approximate surface area is 188 Å². The van der Waals surface area contributed by atoms with Gasteiger partial charge in [0.25, 0.3) is 11.6 Å². The average molecular weight is 461 g/mol. The van der Waals surface area contributed by atoms with Crippen molar-refractivity contribution in [2.45, 2.75) is 26.7 Å². The van der Waals surface area contributed by atoms with Gasteiger partial charge in [0.15, 0.2) is 6.61 Å². The first-order valence-corrected chi connectivity index (χ1v) is 10.7. The second kappa shape index (κ2) is 9.77. The van der Waals surface area contributed by atoms with Crippen LogP contribution < -0.4 is 10.2 Å². The Morgan fingerprint density at radius 1 is 1.19 bits per heavy atom. The SMILES string of the molecule is COC(=O)c1c(NC(=O)COC(=O)c2cc([N+](=O)[O-])ccc2N2CCCC2)sc(C)c1C. The van der Waals surface area contributed by atoms with Crippen molar-refractivity contribution in [3.63, 3.8) is 0 Å². The highest BCUT2D eigenvalue weighted by molar-refractivity contribution is 7.16. The summed E-state index contributed by atoms with van der Waals surface area (Å²) >= 11 is 1.21. The molecule has 0 bridgehead atoms. The molecule has 0 atom stereocenters. The Morgan fingerprint density at radius 3 is 2.50 bits per heavy atom. The molecule has 2 heterocycles. The summed E-state index contributed by atoms with van der Waals surface area (Å²) in [6.07, 6.45) is 1.91. The highest BCUT2D eigenvalue weighted by Crippen LogP contribution is 2.33. The third-order valence-corrected chi connectivity index (χ3v) is 6.34. The van der Waals surface area contributed by atoms with E-state index >= 15 is 0 Å². The number of esters is 2. The Balaban J connectivity index is 1.74. The zero-order chi connectivity index (χ0) is 23.4. The number of amides is 1. The zero-order valence-electron chi connectivity index (χ0n) is 17.9. The minimum Gasteiger partial charge on any atom is -0.465 e. The molecule has 1 aliphatic heterocycles. The summed E-state index contributed by atoms with van der Waals surface area (Å²) in [5.74, 6) is -2.05. The molecule has 0 unspecified atom stereocenters. The van der Waals surface area contributed by atoms with Gasteiger partial charge in [-0.2, -0.15) is 0 Å². The fourth-order valence-electron chi connectivity index (χ4n) is 3.47. The van der Waals surface area contributed by atoms with Gasteiger partial charge in [-0.1, -0.05) is 0 Å². The number of nitrogens with one attached hydrogen (secondary N) is 1. The van der Waals surface area contributed by atoms with E-state index in [1.165, 1.54) is 30.6 Å². The van der Waals surface area contributed by atoms with Crippen LogP contribution in [0.2, 0.25) is 0 Å². The predicted molar refractivity (Wildman–Crippen MR) is 119 cm³/mol. The molecular weight excluding hydrogens is 438 g/mol. The number of carbonyl (C=O) groups is 3. The first-order chi connectivity index (χ1) is 15.2. The van der Waals surface area contributed by atoms with Gasteiger partial charge in [0.1, 0.15) is 5.00 Å². The fourth-order valence-corrected chi connectivity index (χ4v) is 4.53. The number of benzene rings is 1. The molecule has 11 heteroatoms. The molecule has 0 saturated carbocycles. The van der Waals surface area contributed by atoms with Crippen LogP contribution in [0.5, 0.6) is 0 Å². The number of hydrogen-bond acceptors (Lipinski definition) is 9. The van der Waals surface area contributed by atoms with Crippen LogP contribution in [0, 0.1) is 24.0 Å². The van der Waals surface area contributed by atoms with Crippen molar-refractivity contribution >= 4 is 45.6 Å². The van der Waals surface area contributed by atoms with Crippen molar-refractivity contribution in [3.05, 3.63) is 49.9 Å². The molecule has 1 aliphatic rings. The number of anilines is 2. The fraction of sp³-hybridized carbons (Fsp3) is 0.381. The Kier molecular flexibility index (Phi) is 7.08. The topological polar surface area (TPSA) is 128 Å². The molecule has 1 aromatic heterocycles. The van der Waals surface area contributed by atoms with Crippen LogP contribution >= 0.6 is 11.3 Å². The van der Waals surface area contributed by atoms with Crippen molar-refractivity contribution in [3.8, 4) is 0 Å². The van der Waals surface area contributed by atoms with E-state index in [1.807, 2.05) is 11.8 Å². The summed E-state index contributed by atoms with van der Waals surface area (Å²) in [5.41, 5.74) is 1.28. The lowest BCUT2D eigenvalue weighted by Crippen LogP contribution is -2.24. The molecule has 1 amide bonds. The van der Waals surface area contributed by atoms with E-state index in [9.17, 15) is 24.5 Å². The molecule has 0 spiro atoms. The molecule has 3 rings (SSSR count). The first kappa shape index (κ1) is 23.2. The van der Waals surface area contributed by atoms with Gasteiger partial charge in [0.05, 0.1) is 28.8 Å². The number of methoxy groups -OCH3 is 1. The summed E-state index contributed by atoms with van der Waals surface area (Å²) < 4.78 is 9.92. The van der Waals surface area contributed by atoms with Crippen molar-refractivity contribution in [2.24, 2.45) is 0 Å². The maximum Gasteiger partial charge on any atom is 0.341 e. The summed E-state index contributed by atoms with van der Waals surface area (Å²) in [6, 6.07) is 4.03. The van der Waals surface area contributed by atoms with Gasteiger partial charge < -0.3 is 19.7 Å². The van der Waals surface area contributed by atoms with Crippen LogP contribution in [-0.4, -0.2) is 49.6 Å². The van der Waals surface area contributed by atoms with Gasteiger partial charge in [-0.15, -0.1) is 11.3 Å². The number of hydrogen-bond donors (Lipinski definition) is 1.